The van der Waals surface area contributed by atoms with Crippen molar-refractivity contribution in [1.29, 1.82) is 0 Å². The molecule has 0 saturated carbocycles. The highest BCUT2D eigenvalue weighted by Crippen LogP contribution is 2.63. The van der Waals surface area contributed by atoms with Crippen LogP contribution in [-0.2, 0) is 5.41 Å². The first-order valence-electron chi connectivity index (χ1n) is 22.2. The van der Waals surface area contributed by atoms with Crippen LogP contribution in [0.15, 0.2) is 221 Å². The van der Waals surface area contributed by atoms with Crippen molar-refractivity contribution in [2.24, 2.45) is 0 Å². The standard InChI is InChI=1S/C61H35NO2S/c1-2-15-37(16-3-1)62(38-29-30-43-42-19-6-11-26-50(42)61(51(43)35-38)48-24-9-4-17-40(48)41-18-5-10-25-49(41)61)52-34-36(39-22-14-23-45-44-20-8-13-28-56(44)65-60(39)45)33-47-58-55(64-59(47)52)32-31-54-57(58)46-21-7-12-27-53(46)63-54/h1-35H. The molecule has 0 saturated heterocycles. The lowest BCUT2D eigenvalue weighted by molar-refractivity contribution is 0.663. The molecule has 15 rings (SSSR count). The summed E-state index contributed by atoms with van der Waals surface area (Å²) in [6, 6.07) is 77.7. The minimum absolute atomic E-state index is 0.487. The molecule has 3 heterocycles. The molecular weight excluding hydrogens is 811 g/mol. The van der Waals surface area contributed by atoms with Crippen LogP contribution in [-0.4, -0.2) is 0 Å². The number of hydrogen-bond acceptors (Lipinski definition) is 4. The summed E-state index contributed by atoms with van der Waals surface area (Å²) in [6.45, 7) is 0. The van der Waals surface area contributed by atoms with E-state index in [1.165, 1.54) is 70.2 Å². The van der Waals surface area contributed by atoms with E-state index in [0.29, 0.717) is 0 Å². The molecule has 0 aliphatic heterocycles. The Balaban J connectivity index is 1.06. The number of rotatable bonds is 4. The minimum atomic E-state index is -0.487. The Kier molecular flexibility index (Phi) is 7.03. The number of anilines is 3. The van der Waals surface area contributed by atoms with Gasteiger partial charge in [-0.15, -0.1) is 11.3 Å². The number of hydrogen-bond donors (Lipinski definition) is 0. The molecule has 302 valence electrons. The number of benzene rings is 10. The van der Waals surface area contributed by atoms with Crippen molar-refractivity contribution in [3.05, 3.63) is 235 Å². The van der Waals surface area contributed by atoms with E-state index in [-0.39, 0.29) is 0 Å². The minimum Gasteiger partial charge on any atom is -0.456 e. The van der Waals surface area contributed by atoms with Gasteiger partial charge in [0.15, 0.2) is 5.58 Å². The predicted octanol–water partition coefficient (Wildman–Crippen LogP) is 17.3. The van der Waals surface area contributed by atoms with E-state index in [9.17, 15) is 0 Å². The quantitative estimate of drug-likeness (QED) is 0.177. The van der Waals surface area contributed by atoms with Crippen molar-refractivity contribution in [1.82, 2.24) is 0 Å². The topological polar surface area (TPSA) is 29.5 Å². The van der Waals surface area contributed by atoms with Crippen LogP contribution in [0.25, 0.3) is 97.4 Å². The second-order valence-electron chi connectivity index (χ2n) is 17.5. The molecule has 0 bridgehead atoms. The van der Waals surface area contributed by atoms with Crippen LogP contribution >= 0.6 is 11.3 Å². The summed E-state index contributed by atoms with van der Waals surface area (Å²) >= 11 is 1.86. The maximum absolute atomic E-state index is 7.21. The molecule has 0 fully saturated rings. The molecule has 0 amide bonds. The summed E-state index contributed by atoms with van der Waals surface area (Å²) in [5, 5.41) is 6.81. The summed E-state index contributed by atoms with van der Waals surface area (Å²) in [6.07, 6.45) is 0. The Morgan fingerprint density at radius 1 is 0.369 bits per heavy atom. The fraction of sp³-hybridized carbons (Fsp3) is 0.0164. The highest BCUT2D eigenvalue weighted by Gasteiger charge is 2.51. The summed E-state index contributed by atoms with van der Waals surface area (Å²) in [7, 11) is 0. The van der Waals surface area contributed by atoms with Crippen LogP contribution in [0.4, 0.5) is 17.1 Å². The first-order chi connectivity index (χ1) is 32.2. The van der Waals surface area contributed by atoms with Crippen LogP contribution in [0.1, 0.15) is 22.3 Å². The van der Waals surface area contributed by atoms with Gasteiger partial charge in [-0.2, -0.15) is 0 Å². The lowest BCUT2D eigenvalue weighted by atomic mass is 9.70. The molecule has 0 N–H and O–H groups in total. The molecule has 0 unspecified atom stereocenters. The van der Waals surface area contributed by atoms with Gasteiger partial charge in [-0.25, -0.2) is 0 Å². The van der Waals surface area contributed by atoms with Gasteiger partial charge in [0.25, 0.3) is 0 Å². The average Bonchev–Trinajstić information content (AvgIpc) is 4.17. The Bertz CT molecular complexity index is 4090. The van der Waals surface area contributed by atoms with E-state index < -0.39 is 5.41 Å². The summed E-state index contributed by atoms with van der Waals surface area (Å²) in [5.74, 6) is 0. The zero-order chi connectivity index (χ0) is 42.4. The van der Waals surface area contributed by atoms with Crippen molar-refractivity contribution in [3.8, 4) is 33.4 Å². The molecule has 4 heteroatoms. The SMILES string of the molecule is c1ccc(N(c2ccc3c(c2)C2(c4ccccc4-c4ccccc42)c2ccccc2-3)c2cc(-c3cccc4c3sc3ccccc34)cc3c2oc2ccc4oc5ccccc5c4c23)cc1. The fourth-order valence-electron chi connectivity index (χ4n) is 11.7. The van der Waals surface area contributed by atoms with Crippen molar-refractivity contribution in [3.63, 3.8) is 0 Å². The predicted molar refractivity (Wildman–Crippen MR) is 270 cm³/mol. The van der Waals surface area contributed by atoms with E-state index >= 15 is 0 Å². The largest absolute Gasteiger partial charge is 0.456 e. The fourth-order valence-corrected chi connectivity index (χ4v) is 12.9. The molecule has 0 atom stereocenters. The van der Waals surface area contributed by atoms with Gasteiger partial charge in [0, 0.05) is 53.1 Å². The number of fused-ring (bicyclic) bond motifs is 20. The molecule has 65 heavy (non-hydrogen) atoms. The molecule has 13 aromatic rings. The molecule has 0 radical (unpaired) electrons. The van der Waals surface area contributed by atoms with E-state index in [4.69, 9.17) is 8.83 Å². The zero-order valence-corrected chi connectivity index (χ0v) is 35.7. The maximum atomic E-state index is 7.21. The van der Waals surface area contributed by atoms with Gasteiger partial charge in [0.05, 0.1) is 11.1 Å². The smallest absolute Gasteiger partial charge is 0.159 e. The normalized spacial score (nSPS) is 13.4. The monoisotopic (exact) mass is 845 g/mol. The number of thiophene rings is 1. The van der Waals surface area contributed by atoms with Crippen LogP contribution in [0.2, 0.25) is 0 Å². The maximum Gasteiger partial charge on any atom is 0.159 e. The van der Waals surface area contributed by atoms with Crippen molar-refractivity contribution >= 4 is 92.4 Å². The van der Waals surface area contributed by atoms with Gasteiger partial charge in [-0.05, 0) is 116 Å². The second-order valence-corrected chi connectivity index (χ2v) is 18.5. The molecular formula is C61H35NO2S. The van der Waals surface area contributed by atoms with Crippen LogP contribution < -0.4 is 4.90 Å². The molecule has 2 aliphatic carbocycles. The Morgan fingerprint density at radius 2 is 0.954 bits per heavy atom. The molecule has 1 spiro atoms. The lowest BCUT2D eigenvalue weighted by Gasteiger charge is -2.32. The molecule has 3 nitrogen and oxygen atoms in total. The van der Waals surface area contributed by atoms with E-state index in [2.05, 4.69) is 211 Å². The summed E-state index contributed by atoms with van der Waals surface area (Å²) in [5.41, 5.74) is 18.7. The van der Waals surface area contributed by atoms with E-state index in [1.54, 1.807) is 0 Å². The van der Waals surface area contributed by atoms with Crippen molar-refractivity contribution in [2.45, 2.75) is 5.41 Å². The van der Waals surface area contributed by atoms with Crippen molar-refractivity contribution in [2.75, 3.05) is 4.90 Å². The van der Waals surface area contributed by atoms with Gasteiger partial charge in [-0.1, -0.05) is 152 Å². The van der Waals surface area contributed by atoms with Gasteiger partial charge in [0.1, 0.15) is 16.7 Å². The lowest BCUT2D eigenvalue weighted by Crippen LogP contribution is -2.26. The first kappa shape index (κ1) is 35.3. The van der Waals surface area contributed by atoms with Gasteiger partial charge in [-0.3, -0.25) is 0 Å². The van der Waals surface area contributed by atoms with Crippen LogP contribution in [0.3, 0.4) is 0 Å². The zero-order valence-electron chi connectivity index (χ0n) is 34.9. The third-order valence-electron chi connectivity index (χ3n) is 14.3. The average molecular weight is 846 g/mol. The van der Waals surface area contributed by atoms with Crippen molar-refractivity contribution < 1.29 is 8.83 Å². The van der Waals surface area contributed by atoms with Gasteiger partial charge < -0.3 is 13.7 Å². The van der Waals surface area contributed by atoms with Crippen LogP contribution in [0, 0.1) is 0 Å². The van der Waals surface area contributed by atoms with Gasteiger partial charge >= 0.3 is 0 Å². The Hall–Kier alpha value is -8.18. The van der Waals surface area contributed by atoms with E-state index in [0.717, 1.165) is 66.5 Å². The third kappa shape index (κ3) is 4.63. The first-order valence-corrected chi connectivity index (χ1v) is 23.1. The number of furan rings is 2. The molecule has 3 aromatic heterocycles. The Morgan fingerprint density at radius 3 is 1.71 bits per heavy atom. The van der Waals surface area contributed by atoms with Crippen LogP contribution in [0.5, 0.6) is 0 Å². The van der Waals surface area contributed by atoms with E-state index in [1.807, 2.05) is 17.4 Å². The summed E-state index contributed by atoms with van der Waals surface area (Å²) in [4.78, 5) is 2.42. The molecule has 2 aliphatic rings. The second kappa shape index (κ2) is 12.9. The summed E-state index contributed by atoms with van der Waals surface area (Å²) < 4.78 is 16.3. The third-order valence-corrected chi connectivity index (χ3v) is 15.5. The van der Waals surface area contributed by atoms with Gasteiger partial charge in [0.2, 0.25) is 0 Å². The Labute approximate surface area is 377 Å². The number of para-hydroxylation sites is 2. The highest BCUT2D eigenvalue weighted by atomic mass is 32.1. The molecule has 10 aromatic carbocycles. The number of nitrogens with zero attached hydrogens (tertiary/aromatic N) is 1. The highest BCUT2D eigenvalue weighted by molar-refractivity contribution is 7.26.